The molecule has 0 aliphatic rings. The number of halogens is 1. The molecule has 1 heterocycles. The lowest BCUT2D eigenvalue weighted by atomic mass is 10.1. The van der Waals surface area contributed by atoms with Gasteiger partial charge in [-0.05, 0) is 29.8 Å². The molecule has 2 aromatic carbocycles. The summed E-state index contributed by atoms with van der Waals surface area (Å²) in [5.41, 5.74) is 2.60. The lowest BCUT2D eigenvalue weighted by Crippen LogP contribution is -2.21. The Kier molecular flexibility index (Phi) is 5.27. The molecule has 0 aliphatic carbocycles. The molecule has 3 rings (SSSR count). The molecule has 0 spiro atoms. The van der Waals surface area contributed by atoms with Gasteiger partial charge in [-0.3, -0.25) is 9.78 Å². The predicted molar refractivity (Wildman–Crippen MR) is 98.4 cm³/mol. The van der Waals surface area contributed by atoms with Crippen LogP contribution in [-0.4, -0.2) is 29.9 Å². The maximum atomic E-state index is 14.7. The molecular formula is C21H19FN2O2. The van der Waals surface area contributed by atoms with Gasteiger partial charge in [0, 0.05) is 43.2 Å². The minimum Gasteiger partial charge on any atom is -0.486 e. The van der Waals surface area contributed by atoms with Gasteiger partial charge in [-0.15, -0.1) is 0 Å². The smallest absolute Gasteiger partial charge is 0.253 e. The second-order valence-electron chi connectivity index (χ2n) is 6.04. The van der Waals surface area contributed by atoms with Crippen molar-refractivity contribution in [3.05, 3.63) is 83.9 Å². The van der Waals surface area contributed by atoms with Crippen molar-refractivity contribution in [2.24, 2.45) is 0 Å². The third-order valence-electron chi connectivity index (χ3n) is 3.94. The molecule has 0 N–H and O–H groups in total. The molecule has 0 bridgehead atoms. The van der Waals surface area contributed by atoms with Crippen LogP contribution < -0.4 is 4.74 Å². The fourth-order valence-electron chi connectivity index (χ4n) is 2.53. The molecule has 0 atom stereocenters. The summed E-state index contributed by atoms with van der Waals surface area (Å²) in [7, 11) is 3.41. The van der Waals surface area contributed by atoms with E-state index in [9.17, 15) is 9.18 Å². The lowest BCUT2D eigenvalue weighted by Gasteiger charge is -2.12. The first-order valence-electron chi connectivity index (χ1n) is 8.18. The van der Waals surface area contributed by atoms with Gasteiger partial charge in [0.2, 0.25) is 0 Å². The highest BCUT2D eigenvalue weighted by atomic mass is 19.1. The number of nitrogens with zero attached hydrogens (tertiary/aromatic N) is 2. The maximum Gasteiger partial charge on any atom is 0.253 e. The highest BCUT2D eigenvalue weighted by Crippen LogP contribution is 2.29. The molecule has 0 aliphatic heterocycles. The molecule has 0 fully saturated rings. The highest BCUT2D eigenvalue weighted by Gasteiger charge is 2.12. The summed E-state index contributed by atoms with van der Waals surface area (Å²) < 4.78 is 20.4. The van der Waals surface area contributed by atoms with Crippen molar-refractivity contribution >= 4 is 5.91 Å². The average molecular weight is 350 g/mol. The van der Waals surface area contributed by atoms with Crippen LogP contribution in [0.3, 0.4) is 0 Å². The molecule has 4 nitrogen and oxygen atoms in total. The number of carbonyl (C=O) groups is 1. The Balaban J connectivity index is 1.73. The summed E-state index contributed by atoms with van der Waals surface area (Å²) in [6.45, 7) is 0.212. The predicted octanol–water partition coefficient (Wildman–Crippen LogP) is 4.17. The number of pyridine rings is 1. The first-order valence-corrected chi connectivity index (χ1v) is 8.18. The molecule has 0 saturated heterocycles. The van der Waals surface area contributed by atoms with Gasteiger partial charge in [0.25, 0.3) is 5.91 Å². The standard InChI is InChI=1S/C21H19FN2O2/c1-24(2)21(25)16-10-8-15(9-11-16)14-26-19-7-3-6-18(20(19)22)17-5-4-12-23-13-17/h3-13H,14H2,1-2H3. The molecule has 1 aromatic heterocycles. The first kappa shape index (κ1) is 17.6. The summed E-state index contributed by atoms with van der Waals surface area (Å²) in [6.07, 6.45) is 3.26. The van der Waals surface area contributed by atoms with Gasteiger partial charge >= 0.3 is 0 Å². The van der Waals surface area contributed by atoms with Crippen LogP contribution in [0.15, 0.2) is 67.0 Å². The Morgan fingerprint density at radius 2 is 1.85 bits per heavy atom. The van der Waals surface area contributed by atoms with E-state index >= 15 is 0 Å². The van der Waals surface area contributed by atoms with Gasteiger partial charge in [-0.1, -0.05) is 30.3 Å². The van der Waals surface area contributed by atoms with Crippen LogP contribution in [-0.2, 0) is 6.61 Å². The summed E-state index contributed by atoms with van der Waals surface area (Å²) in [4.78, 5) is 17.4. The minimum absolute atomic E-state index is 0.0623. The third-order valence-corrected chi connectivity index (χ3v) is 3.94. The zero-order chi connectivity index (χ0) is 18.5. The summed E-state index contributed by atoms with van der Waals surface area (Å²) in [6, 6.07) is 15.7. The highest BCUT2D eigenvalue weighted by molar-refractivity contribution is 5.93. The summed E-state index contributed by atoms with van der Waals surface area (Å²) in [5.74, 6) is -0.299. The van der Waals surface area contributed by atoms with Gasteiger partial charge in [-0.2, -0.15) is 0 Å². The van der Waals surface area contributed by atoms with E-state index in [0.717, 1.165) is 5.56 Å². The molecule has 1 amide bonds. The number of aromatic nitrogens is 1. The summed E-state index contributed by atoms with van der Waals surface area (Å²) in [5, 5.41) is 0. The second kappa shape index (κ2) is 7.78. The van der Waals surface area contributed by atoms with E-state index in [1.165, 1.54) is 4.90 Å². The van der Waals surface area contributed by atoms with E-state index in [-0.39, 0.29) is 18.3 Å². The number of ether oxygens (including phenoxy) is 1. The Labute approximate surface area is 151 Å². The van der Waals surface area contributed by atoms with Gasteiger partial charge in [0.15, 0.2) is 11.6 Å². The van der Waals surface area contributed by atoms with Crippen LogP contribution in [0.2, 0.25) is 0 Å². The Bertz CT molecular complexity index is 894. The average Bonchev–Trinajstić information content (AvgIpc) is 2.67. The van der Waals surface area contributed by atoms with Crippen molar-refractivity contribution in [1.29, 1.82) is 0 Å². The SMILES string of the molecule is CN(C)C(=O)c1ccc(COc2cccc(-c3cccnc3)c2F)cc1. The molecule has 0 saturated carbocycles. The normalized spacial score (nSPS) is 10.4. The molecular weight excluding hydrogens is 331 g/mol. The van der Waals surface area contributed by atoms with Crippen molar-refractivity contribution in [1.82, 2.24) is 9.88 Å². The molecule has 26 heavy (non-hydrogen) atoms. The van der Waals surface area contributed by atoms with Crippen LogP contribution in [0.5, 0.6) is 5.75 Å². The van der Waals surface area contributed by atoms with E-state index in [4.69, 9.17) is 4.74 Å². The van der Waals surface area contributed by atoms with Gasteiger partial charge in [-0.25, -0.2) is 4.39 Å². The van der Waals surface area contributed by atoms with Gasteiger partial charge < -0.3 is 9.64 Å². The quantitative estimate of drug-likeness (QED) is 0.694. The number of benzene rings is 2. The second-order valence-corrected chi connectivity index (χ2v) is 6.04. The Morgan fingerprint density at radius 3 is 2.50 bits per heavy atom. The van der Waals surface area contributed by atoms with Crippen LogP contribution in [0.4, 0.5) is 4.39 Å². The van der Waals surface area contributed by atoms with Crippen molar-refractivity contribution in [2.75, 3.05) is 14.1 Å². The lowest BCUT2D eigenvalue weighted by molar-refractivity contribution is 0.0827. The van der Waals surface area contributed by atoms with Crippen molar-refractivity contribution in [3.8, 4) is 16.9 Å². The Hall–Kier alpha value is -3.21. The van der Waals surface area contributed by atoms with E-state index < -0.39 is 5.82 Å². The van der Waals surface area contributed by atoms with E-state index in [1.807, 2.05) is 0 Å². The van der Waals surface area contributed by atoms with Gasteiger partial charge in [0.1, 0.15) is 6.61 Å². The van der Waals surface area contributed by atoms with Crippen LogP contribution in [0.25, 0.3) is 11.1 Å². The number of carbonyl (C=O) groups excluding carboxylic acids is 1. The number of hydrogen-bond acceptors (Lipinski definition) is 3. The fourth-order valence-corrected chi connectivity index (χ4v) is 2.53. The molecule has 5 heteroatoms. The molecule has 0 radical (unpaired) electrons. The number of rotatable bonds is 5. The molecule has 3 aromatic rings. The zero-order valence-electron chi connectivity index (χ0n) is 14.6. The Morgan fingerprint density at radius 1 is 1.08 bits per heavy atom. The topological polar surface area (TPSA) is 42.4 Å². The maximum absolute atomic E-state index is 14.7. The third kappa shape index (κ3) is 3.88. The van der Waals surface area contributed by atoms with Gasteiger partial charge in [0.05, 0.1) is 0 Å². The van der Waals surface area contributed by atoms with E-state index in [0.29, 0.717) is 16.7 Å². The van der Waals surface area contributed by atoms with E-state index in [1.54, 1.807) is 81.1 Å². The summed E-state index contributed by atoms with van der Waals surface area (Å²) >= 11 is 0. The van der Waals surface area contributed by atoms with Crippen molar-refractivity contribution in [2.45, 2.75) is 6.61 Å². The van der Waals surface area contributed by atoms with Crippen LogP contribution in [0.1, 0.15) is 15.9 Å². The zero-order valence-corrected chi connectivity index (χ0v) is 14.6. The fraction of sp³-hybridized carbons (Fsp3) is 0.143. The largest absolute Gasteiger partial charge is 0.486 e. The van der Waals surface area contributed by atoms with Crippen molar-refractivity contribution < 1.29 is 13.9 Å². The van der Waals surface area contributed by atoms with E-state index in [2.05, 4.69) is 4.98 Å². The minimum atomic E-state index is -0.417. The first-order chi connectivity index (χ1) is 12.6. The van der Waals surface area contributed by atoms with Crippen LogP contribution in [0, 0.1) is 5.82 Å². The number of hydrogen-bond donors (Lipinski definition) is 0. The van der Waals surface area contributed by atoms with Crippen LogP contribution >= 0.6 is 0 Å². The molecule has 0 unspecified atom stereocenters. The molecule has 132 valence electrons. The number of amides is 1. The monoisotopic (exact) mass is 350 g/mol. The van der Waals surface area contributed by atoms with Crippen molar-refractivity contribution in [3.63, 3.8) is 0 Å².